The maximum absolute atomic E-state index is 13.0. The molecule has 140 valence electrons. The van der Waals surface area contributed by atoms with Crippen LogP contribution in [-0.4, -0.2) is 29.0 Å². The zero-order valence-electron chi connectivity index (χ0n) is 15.7. The van der Waals surface area contributed by atoms with Crippen molar-refractivity contribution in [2.45, 2.75) is 33.1 Å². The molecular formula is C21H24N4OS. The lowest BCUT2D eigenvalue weighted by molar-refractivity contribution is -0.120. The van der Waals surface area contributed by atoms with Crippen molar-refractivity contribution in [3.63, 3.8) is 0 Å². The summed E-state index contributed by atoms with van der Waals surface area (Å²) in [7, 11) is 0. The van der Waals surface area contributed by atoms with E-state index in [-0.39, 0.29) is 11.8 Å². The number of para-hydroxylation sites is 1. The number of aryl methyl sites for hydroxylation is 2. The molecule has 0 radical (unpaired) electrons. The van der Waals surface area contributed by atoms with Crippen molar-refractivity contribution in [2.24, 2.45) is 5.92 Å². The first-order valence-electron chi connectivity index (χ1n) is 9.51. The second-order valence-electron chi connectivity index (χ2n) is 7.06. The molecule has 1 saturated heterocycles. The van der Waals surface area contributed by atoms with Gasteiger partial charge in [-0.3, -0.25) is 4.79 Å². The molecule has 0 spiro atoms. The van der Waals surface area contributed by atoms with E-state index in [0.717, 1.165) is 52.5 Å². The van der Waals surface area contributed by atoms with Gasteiger partial charge >= 0.3 is 0 Å². The molecule has 2 aromatic heterocycles. The Labute approximate surface area is 163 Å². The smallest absolute Gasteiger partial charge is 0.229 e. The molecule has 4 rings (SSSR count). The Hall–Kier alpha value is -2.47. The fourth-order valence-corrected chi connectivity index (χ4v) is 4.63. The molecule has 1 amide bonds. The molecule has 5 nitrogen and oxygen atoms in total. The van der Waals surface area contributed by atoms with Gasteiger partial charge in [0.1, 0.15) is 10.3 Å². The van der Waals surface area contributed by atoms with Crippen molar-refractivity contribution in [1.82, 2.24) is 9.97 Å². The van der Waals surface area contributed by atoms with Gasteiger partial charge in [-0.2, -0.15) is 0 Å². The number of hydrogen-bond acceptors (Lipinski definition) is 5. The Balaban J connectivity index is 1.50. The van der Waals surface area contributed by atoms with E-state index >= 15 is 0 Å². The van der Waals surface area contributed by atoms with E-state index in [0.29, 0.717) is 6.54 Å². The Kier molecular flexibility index (Phi) is 5.07. The number of rotatable bonds is 4. The fourth-order valence-electron chi connectivity index (χ4n) is 3.69. The van der Waals surface area contributed by atoms with Gasteiger partial charge in [-0.25, -0.2) is 9.97 Å². The number of benzene rings is 1. The third-order valence-electron chi connectivity index (χ3n) is 5.21. The number of fused-ring (bicyclic) bond motifs is 1. The minimum absolute atomic E-state index is 0.0250. The molecule has 1 N–H and O–H groups in total. The molecule has 1 atom stereocenters. The summed E-state index contributed by atoms with van der Waals surface area (Å²) < 4.78 is 0. The van der Waals surface area contributed by atoms with E-state index < -0.39 is 0 Å². The number of pyridine rings is 1. The first-order chi connectivity index (χ1) is 13.2. The number of nitrogens with zero attached hydrogens (tertiary/aromatic N) is 3. The highest BCUT2D eigenvalue weighted by Gasteiger charge is 2.28. The lowest BCUT2D eigenvalue weighted by atomic mass is 9.96. The number of amides is 1. The Morgan fingerprint density at radius 3 is 3.04 bits per heavy atom. The molecule has 6 heteroatoms. The highest BCUT2D eigenvalue weighted by Crippen LogP contribution is 2.31. The minimum Gasteiger partial charge on any atom is -0.347 e. The number of nitrogens with one attached hydrogen (secondary N) is 1. The maximum Gasteiger partial charge on any atom is 0.229 e. The highest BCUT2D eigenvalue weighted by atomic mass is 32.1. The summed E-state index contributed by atoms with van der Waals surface area (Å²) in [5, 5.41) is 4.17. The number of anilines is 2. The van der Waals surface area contributed by atoms with E-state index in [4.69, 9.17) is 4.98 Å². The van der Waals surface area contributed by atoms with Crippen molar-refractivity contribution < 1.29 is 4.79 Å². The summed E-state index contributed by atoms with van der Waals surface area (Å²) in [6.45, 7) is 5.82. The standard InChI is InChI=1S/C21H24N4OS/c1-3-15-8-4-7-14(2)18(15)24-19(26)16-9-6-12-25(13-16)21-23-17-10-5-11-22-20(17)27-21/h4-5,7-8,10-11,16H,3,6,9,12-13H2,1-2H3,(H,24,26)/t16-/m1/s1. The summed E-state index contributed by atoms with van der Waals surface area (Å²) in [4.78, 5) is 25.2. The molecule has 0 saturated carbocycles. The van der Waals surface area contributed by atoms with Gasteiger partial charge < -0.3 is 10.2 Å². The van der Waals surface area contributed by atoms with Crippen LogP contribution in [0.5, 0.6) is 0 Å². The Morgan fingerprint density at radius 1 is 1.33 bits per heavy atom. The summed E-state index contributed by atoms with van der Waals surface area (Å²) in [6.07, 6.45) is 4.62. The van der Waals surface area contributed by atoms with Crippen LogP contribution in [-0.2, 0) is 11.2 Å². The zero-order valence-corrected chi connectivity index (χ0v) is 16.6. The summed E-state index contributed by atoms with van der Waals surface area (Å²) in [5.41, 5.74) is 4.21. The molecule has 0 unspecified atom stereocenters. The van der Waals surface area contributed by atoms with Crippen molar-refractivity contribution in [3.8, 4) is 0 Å². The molecule has 3 aromatic rings. The van der Waals surface area contributed by atoms with Gasteiger partial charge in [0.05, 0.1) is 5.92 Å². The maximum atomic E-state index is 13.0. The molecule has 1 aliphatic rings. The molecule has 1 fully saturated rings. The van der Waals surface area contributed by atoms with Gasteiger partial charge in [-0.05, 0) is 49.4 Å². The van der Waals surface area contributed by atoms with Crippen LogP contribution in [0.1, 0.15) is 30.9 Å². The van der Waals surface area contributed by atoms with E-state index in [2.05, 4.69) is 41.2 Å². The van der Waals surface area contributed by atoms with E-state index in [9.17, 15) is 4.79 Å². The lowest BCUT2D eigenvalue weighted by Crippen LogP contribution is -2.40. The number of piperidine rings is 1. The number of hydrogen-bond donors (Lipinski definition) is 1. The van der Waals surface area contributed by atoms with Gasteiger partial charge in [0.2, 0.25) is 5.91 Å². The Morgan fingerprint density at radius 2 is 2.22 bits per heavy atom. The van der Waals surface area contributed by atoms with E-state index in [1.54, 1.807) is 17.5 Å². The van der Waals surface area contributed by atoms with Gasteiger partial charge in [-0.15, -0.1) is 0 Å². The van der Waals surface area contributed by atoms with Crippen LogP contribution in [0.15, 0.2) is 36.5 Å². The third-order valence-corrected chi connectivity index (χ3v) is 6.25. The normalized spacial score (nSPS) is 17.3. The summed E-state index contributed by atoms with van der Waals surface area (Å²) in [5.74, 6) is 0.0889. The van der Waals surface area contributed by atoms with Gasteiger partial charge in [-0.1, -0.05) is 36.5 Å². The topological polar surface area (TPSA) is 58.1 Å². The van der Waals surface area contributed by atoms with Gasteiger partial charge in [0.15, 0.2) is 5.13 Å². The van der Waals surface area contributed by atoms with Crippen LogP contribution >= 0.6 is 11.3 Å². The van der Waals surface area contributed by atoms with Crippen molar-refractivity contribution in [1.29, 1.82) is 0 Å². The highest BCUT2D eigenvalue weighted by molar-refractivity contribution is 7.21. The summed E-state index contributed by atoms with van der Waals surface area (Å²) >= 11 is 1.60. The van der Waals surface area contributed by atoms with Crippen molar-refractivity contribution >= 4 is 38.4 Å². The average Bonchev–Trinajstić information content (AvgIpc) is 3.14. The molecule has 1 aromatic carbocycles. The first-order valence-corrected chi connectivity index (χ1v) is 10.3. The molecule has 0 bridgehead atoms. The number of thiazole rings is 1. The van der Waals surface area contributed by atoms with E-state index in [1.165, 1.54) is 5.56 Å². The molecule has 0 aliphatic carbocycles. The fraction of sp³-hybridized carbons (Fsp3) is 0.381. The van der Waals surface area contributed by atoms with Crippen LogP contribution in [0.4, 0.5) is 10.8 Å². The van der Waals surface area contributed by atoms with Crippen LogP contribution in [0.3, 0.4) is 0 Å². The average molecular weight is 381 g/mol. The third kappa shape index (κ3) is 3.67. The van der Waals surface area contributed by atoms with Crippen molar-refractivity contribution in [2.75, 3.05) is 23.3 Å². The number of carbonyl (C=O) groups excluding carboxylic acids is 1. The quantitative estimate of drug-likeness (QED) is 0.728. The number of carbonyl (C=O) groups is 1. The van der Waals surface area contributed by atoms with Crippen LogP contribution in [0, 0.1) is 12.8 Å². The molecule has 3 heterocycles. The lowest BCUT2D eigenvalue weighted by Gasteiger charge is -2.32. The molecular weight excluding hydrogens is 356 g/mol. The van der Waals surface area contributed by atoms with Gasteiger partial charge in [0.25, 0.3) is 0 Å². The number of aromatic nitrogens is 2. The first kappa shape index (κ1) is 17.9. The van der Waals surface area contributed by atoms with Gasteiger partial charge in [0, 0.05) is 25.0 Å². The predicted octanol–water partition coefficient (Wildman–Crippen LogP) is 4.42. The predicted molar refractivity (Wildman–Crippen MR) is 112 cm³/mol. The molecule has 27 heavy (non-hydrogen) atoms. The second-order valence-corrected chi connectivity index (χ2v) is 8.02. The second kappa shape index (κ2) is 7.64. The Bertz CT molecular complexity index is 935. The SMILES string of the molecule is CCc1cccc(C)c1NC(=O)[C@@H]1CCCN(c2nc3cccnc3s2)C1. The minimum atomic E-state index is -0.0250. The zero-order chi connectivity index (χ0) is 18.8. The summed E-state index contributed by atoms with van der Waals surface area (Å²) in [6, 6.07) is 10.1. The van der Waals surface area contributed by atoms with Crippen LogP contribution in [0.25, 0.3) is 10.3 Å². The largest absolute Gasteiger partial charge is 0.347 e. The van der Waals surface area contributed by atoms with Crippen LogP contribution < -0.4 is 10.2 Å². The van der Waals surface area contributed by atoms with Crippen molar-refractivity contribution in [3.05, 3.63) is 47.7 Å². The van der Waals surface area contributed by atoms with Crippen LogP contribution in [0.2, 0.25) is 0 Å². The monoisotopic (exact) mass is 380 g/mol. The van der Waals surface area contributed by atoms with E-state index in [1.807, 2.05) is 18.2 Å². The molecule has 1 aliphatic heterocycles.